The predicted octanol–water partition coefficient (Wildman–Crippen LogP) is 2.37. The Hall–Kier alpha value is -1.73. The Morgan fingerprint density at radius 1 is 1.63 bits per heavy atom. The van der Waals surface area contributed by atoms with Crippen molar-refractivity contribution in [2.24, 2.45) is 0 Å². The van der Waals surface area contributed by atoms with Crippen LogP contribution in [0, 0.1) is 0 Å². The van der Waals surface area contributed by atoms with Gasteiger partial charge in [-0.2, -0.15) is 18.3 Å². The fourth-order valence-electron chi connectivity index (χ4n) is 2.10. The van der Waals surface area contributed by atoms with Crippen LogP contribution in [-0.2, 0) is 4.74 Å². The summed E-state index contributed by atoms with van der Waals surface area (Å²) in [6.45, 7) is 3.41. The number of fused-ring (bicyclic) bond motifs is 1. The number of halogens is 3. The van der Waals surface area contributed by atoms with Crippen molar-refractivity contribution in [3.05, 3.63) is 11.8 Å². The summed E-state index contributed by atoms with van der Waals surface area (Å²) in [5.41, 5.74) is 0.0302. The Labute approximate surface area is 107 Å². The molecule has 1 aromatic rings. The van der Waals surface area contributed by atoms with E-state index in [1.165, 1.54) is 0 Å². The molecule has 1 aliphatic heterocycles. The molecule has 0 spiro atoms. The summed E-state index contributed by atoms with van der Waals surface area (Å²) in [6, 6.07) is -2.12. The molecule has 0 aliphatic carbocycles. The molecule has 0 radical (unpaired) electrons. The first kappa shape index (κ1) is 13.7. The Kier molecular flexibility index (Phi) is 3.42. The third-order valence-corrected chi connectivity index (χ3v) is 2.92. The Balaban J connectivity index is 2.40. The first-order valence-electron chi connectivity index (χ1n) is 5.92. The quantitative estimate of drug-likeness (QED) is 0.843. The van der Waals surface area contributed by atoms with Crippen molar-refractivity contribution >= 4 is 11.8 Å². The van der Waals surface area contributed by atoms with E-state index in [-0.39, 0.29) is 24.4 Å². The molecular weight excluding hydrogens is 263 g/mol. The summed E-state index contributed by atoms with van der Waals surface area (Å²) >= 11 is 0. The van der Waals surface area contributed by atoms with E-state index < -0.39 is 24.2 Å². The first-order valence-corrected chi connectivity index (χ1v) is 5.92. The minimum Gasteiger partial charge on any atom is -0.462 e. The predicted molar refractivity (Wildman–Crippen MR) is 61.0 cm³/mol. The van der Waals surface area contributed by atoms with Gasteiger partial charge in [0.1, 0.15) is 11.4 Å². The molecule has 2 rings (SSSR count). The van der Waals surface area contributed by atoms with Crippen LogP contribution in [0.4, 0.5) is 19.0 Å². The average Bonchev–Trinajstić information content (AvgIpc) is 2.70. The summed E-state index contributed by atoms with van der Waals surface area (Å²) in [5.74, 6) is -0.606. The molecule has 0 amide bonds. The number of rotatable bonds is 2. The lowest BCUT2D eigenvalue weighted by Gasteiger charge is -2.31. The molecule has 0 unspecified atom stereocenters. The molecular formula is C11H14F3N3O2. The first-order chi connectivity index (χ1) is 8.84. The van der Waals surface area contributed by atoms with E-state index in [9.17, 15) is 18.0 Å². The molecule has 8 heteroatoms. The highest BCUT2D eigenvalue weighted by atomic mass is 19.4. The Bertz CT molecular complexity index is 484. The van der Waals surface area contributed by atoms with Gasteiger partial charge in [0.15, 0.2) is 6.04 Å². The molecule has 19 heavy (non-hydrogen) atoms. The summed E-state index contributed by atoms with van der Waals surface area (Å²) in [6.07, 6.45) is -3.42. The number of ether oxygens (including phenoxy) is 1. The minimum absolute atomic E-state index is 0.0302. The monoisotopic (exact) mass is 277 g/mol. The largest absolute Gasteiger partial charge is 0.462 e. The maximum Gasteiger partial charge on any atom is 0.410 e. The topological polar surface area (TPSA) is 56.1 Å². The van der Waals surface area contributed by atoms with Crippen molar-refractivity contribution in [1.82, 2.24) is 9.78 Å². The zero-order valence-corrected chi connectivity index (χ0v) is 10.5. The van der Waals surface area contributed by atoms with Crippen molar-refractivity contribution in [2.75, 3.05) is 11.9 Å². The van der Waals surface area contributed by atoms with Crippen molar-refractivity contribution in [3.8, 4) is 0 Å². The van der Waals surface area contributed by atoms with Crippen LogP contribution in [0.25, 0.3) is 0 Å². The molecule has 0 saturated heterocycles. The number of alkyl halides is 3. The number of hydrogen-bond donors (Lipinski definition) is 1. The highest BCUT2D eigenvalue weighted by Crippen LogP contribution is 2.40. The molecule has 1 aliphatic rings. The van der Waals surface area contributed by atoms with Crippen LogP contribution in [0.3, 0.4) is 0 Å². The third kappa shape index (κ3) is 2.52. The number of hydrogen-bond acceptors (Lipinski definition) is 4. The summed E-state index contributed by atoms with van der Waals surface area (Å²) in [4.78, 5) is 11.6. The molecule has 0 bridgehead atoms. The maximum atomic E-state index is 12.9. The number of nitrogens with zero attached hydrogens (tertiary/aromatic N) is 2. The van der Waals surface area contributed by atoms with Gasteiger partial charge in [-0.05, 0) is 20.3 Å². The van der Waals surface area contributed by atoms with Crippen molar-refractivity contribution in [2.45, 2.75) is 38.5 Å². The van der Waals surface area contributed by atoms with Crippen LogP contribution < -0.4 is 5.32 Å². The highest BCUT2D eigenvalue weighted by Gasteiger charge is 2.46. The van der Waals surface area contributed by atoms with Crippen LogP contribution >= 0.6 is 0 Å². The number of nitrogens with one attached hydrogen (secondary N) is 1. The average molecular weight is 277 g/mol. The van der Waals surface area contributed by atoms with Crippen LogP contribution in [0.15, 0.2) is 6.20 Å². The minimum atomic E-state index is -4.40. The van der Waals surface area contributed by atoms with Gasteiger partial charge in [0, 0.05) is 6.04 Å². The van der Waals surface area contributed by atoms with Gasteiger partial charge in [0.2, 0.25) is 0 Å². The van der Waals surface area contributed by atoms with E-state index in [0.717, 1.165) is 10.9 Å². The van der Waals surface area contributed by atoms with Crippen LogP contribution in [0.5, 0.6) is 0 Å². The number of esters is 1. The standard InChI is InChI=1S/C11H14F3N3O2/c1-3-19-10(18)7-5-15-17-8(11(12,13)14)4-6(2)16-9(7)17/h5-6,8,16H,3-4H2,1-2H3/t6-,8-/m1/s1. The smallest absolute Gasteiger partial charge is 0.410 e. The van der Waals surface area contributed by atoms with Crippen LogP contribution in [0.1, 0.15) is 36.7 Å². The summed E-state index contributed by atoms with van der Waals surface area (Å²) in [7, 11) is 0. The number of anilines is 1. The number of carbonyl (C=O) groups excluding carboxylic acids is 1. The lowest BCUT2D eigenvalue weighted by molar-refractivity contribution is -0.173. The zero-order valence-electron chi connectivity index (χ0n) is 10.5. The molecule has 1 aromatic heterocycles. The molecule has 106 valence electrons. The molecule has 1 N–H and O–H groups in total. The molecule has 2 atom stereocenters. The van der Waals surface area contributed by atoms with Gasteiger partial charge in [-0.1, -0.05) is 0 Å². The van der Waals surface area contributed by atoms with E-state index in [1.54, 1.807) is 13.8 Å². The van der Waals surface area contributed by atoms with E-state index in [2.05, 4.69) is 10.4 Å². The highest BCUT2D eigenvalue weighted by molar-refractivity contribution is 5.94. The zero-order chi connectivity index (χ0) is 14.2. The summed E-state index contributed by atoms with van der Waals surface area (Å²) < 4.78 is 44.4. The lowest BCUT2D eigenvalue weighted by atomic mass is 10.1. The second-order valence-corrected chi connectivity index (χ2v) is 4.41. The van der Waals surface area contributed by atoms with E-state index in [1.807, 2.05) is 0 Å². The van der Waals surface area contributed by atoms with Crippen molar-refractivity contribution in [1.29, 1.82) is 0 Å². The molecule has 0 saturated carbocycles. The van der Waals surface area contributed by atoms with Gasteiger partial charge in [-0.15, -0.1) is 0 Å². The van der Waals surface area contributed by atoms with Gasteiger partial charge in [0.25, 0.3) is 0 Å². The molecule has 0 aromatic carbocycles. The molecule has 0 fully saturated rings. The Morgan fingerprint density at radius 2 is 2.32 bits per heavy atom. The second-order valence-electron chi connectivity index (χ2n) is 4.41. The van der Waals surface area contributed by atoms with E-state index in [4.69, 9.17) is 4.74 Å². The Morgan fingerprint density at radius 3 is 2.89 bits per heavy atom. The van der Waals surface area contributed by atoms with E-state index >= 15 is 0 Å². The van der Waals surface area contributed by atoms with Gasteiger partial charge in [-0.25, -0.2) is 9.48 Å². The van der Waals surface area contributed by atoms with Gasteiger partial charge < -0.3 is 10.1 Å². The number of carbonyl (C=O) groups is 1. The number of aromatic nitrogens is 2. The van der Waals surface area contributed by atoms with Crippen LogP contribution in [-0.4, -0.2) is 34.6 Å². The second kappa shape index (κ2) is 4.75. The molecule has 2 heterocycles. The van der Waals surface area contributed by atoms with Crippen LogP contribution in [0.2, 0.25) is 0 Å². The molecule has 5 nitrogen and oxygen atoms in total. The fraction of sp³-hybridized carbons (Fsp3) is 0.636. The fourth-order valence-corrected chi connectivity index (χ4v) is 2.10. The SMILES string of the molecule is CCOC(=O)c1cnn2c1N[C@H](C)C[C@@H]2C(F)(F)F. The van der Waals surface area contributed by atoms with Gasteiger partial charge in [-0.3, -0.25) is 0 Å². The third-order valence-electron chi connectivity index (χ3n) is 2.92. The van der Waals surface area contributed by atoms with Gasteiger partial charge >= 0.3 is 12.1 Å². The van der Waals surface area contributed by atoms with E-state index in [0.29, 0.717) is 0 Å². The van der Waals surface area contributed by atoms with Crippen molar-refractivity contribution < 1.29 is 22.7 Å². The van der Waals surface area contributed by atoms with Gasteiger partial charge in [0.05, 0.1) is 12.8 Å². The maximum absolute atomic E-state index is 12.9. The lowest BCUT2D eigenvalue weighted by Crippen LogP contribution is -2.38. The normalized spacial score (nSPS) is 22.6. The van der Waals surface area contributed by atoms with Crippen molar-refractivity contribution in [3.63, 3.8) is 0 Å². The summed E-state index contributed by atoms with van der Waals surface area (Å²) in [5, 5.41) is 6.53.